The van der Waals surface area contributed by atoms with E-state index in [4.69, 9.17) is 9.79 Å². The van der Waals surface area contributed by atoms with Gasteiger partial charge in [0.2, 0.25) is 0 Å². The van der Waals surface area contributed by atoms with E-state index in [1.165, 1.54) is 0 Å². The Balaban J connectivity index is 2.51. The molecule has 1 unspecified atom stereocenters. The summed E-state index contributed by atoms with van der Waals surface area (Å²) in [6.07, 6.45) is 2.21. The zero-order valence-electron chi connectivity index (χ0n) is 7.06. The number of nitrogens with zero attached hydrogens (tertiary/aromatic N) is 1. The maximum Gasteiger partial charge on any atom is 0.253 e. The highest BCUT2D eigenvalue weighted by Gasteiger charge is 2.31. The van der Waals surface area contributed by atoms with Crippen LogP contribution in [0, 0.1) is 5.92 Å². The highest BCUT2D eigenvalue weighted by atomic mass is 31.2. The minimum atomic E-state index is -1.84. The van der Waals surface area contributed by atoms with Crippen molar-refractivity contribution < 1.29 is 9.79 Å². The van der Waals surface area contributed by atoms with E-state index in [2.05, 4.69) is 13.8 Å². The average Bonchev–Trinajstić information content (AvgIpc) is 2.32. The first-order valence-electron chi connectivity index (χ1n) is 4.07. The molecule has 0 bridgehead atoms. The molecule has 1 atom stereocenters. The van der Waals surface area contributed by atoms with Crippen molar-refractivity contribution in [3.8, 4) is 0 Å². The molecule has 1 heterocycles. The Morgan fingerprint density at radius 3 is 2.45 bits per heavy atom. The molecule has 0 radical (unpaired) electrons. The molecule has 3 nitrogen and oxygen atoms in total. The Morgan fingerprint density at radius 2 is 2.09 bits per heavy atom. The molecule has 0 aromatic rings. The van der Waals surface area contributed by atoms with E-state index in [1.54, 1.807) is 0 Å². The Kier molecular flexibility index (Phi) is 3.26. The van der Waals surface area contributed by atoms with Gasteiger partial charge in [-0.3, -0.25) is 0 Å². The Labute approximate surface area is 69.0 Å². The summed E-state index contributed by atoms with van der Waals surface area (Å²) in [6, 6.07) is 0.385. The van der Waals surface area contributed by atoms with Gasteiger partial charge in [-0.15, -0.1) is 0 Å². The van der Waals surface area contributed by atoms with Gasteiger partial charge in [0.15, 0.2) is 0 Å². The molecule has 1 fully saturated rings. The smallest absolute Gasteiger partial charge is 0.253 e. The predicted octanol–water partition coefficient (Wildman–Crippen LogP) is 1.32. The van der Waals surface area contributed by atoms with E-state index in [0.717, 1.165) is 19.4 Å². The van der Waals surface area contributed by atoms with Crippen LogP contribution in [0.4, 0.5) is 0 Å². The quantitative estimate of drug-likeness (QED) is 0.625. The highest BCUT2D eigenvalue weighted by Crippen LogP contribution is 2.40. The fourth-order valence-electron chi connectivity index (χ4n) is 1.68. The molecule has 1 aliphatic rings. The first-order chi connectivity index (χ1) is 5.13. The molecule has 1 aliphatic heterocycles. The lowest BCUT2D eigenvalue weighted by Crippen LogP contribution is -2.28. The van der Waals surface area contributed by atoms with E-state index in [-0.39, 0.29) is 0 Å². The Hall–Kier alpha value is 0.310. The summed E-state index contributed by atoms with van der Waals surface area (Å²) in [5.74, 6) is 0.529. The molecule has 0 amide bonds. The van der Waals surface area contributed by atoms with Crippen LogP contribution in [0.2, 0.25) is 0 Å². The van der Waals surface area contributed by atoms with Gasteiger partial charge in [-0.05, 0) is 18.8 Å². The molecular formula is C7H16NO2P. The summed E-state index contributed by atoms with van der Waals surface area (Å²) in [7, 11) is -1.84. The van der Waals surface area contributed by atoms with Gasteiger partial charge in [0, 0.05) is 12.6 Å². The third-order valence-electron chi connectivity index (χ3n) is 2.27. The van der Waals surface area contributed by atoms with Gasteiger partial charge in [-0.1, -0.05) is 13.8 Å². The lowest BCUT2D eigenvalue weighted by Gasteiger charge is -2.27. The van der Waals surface area contributed by atoms with Gasteiger partial charge >= 0.3 is 0 Å². The van der Waals surface area contributed by atoms with Crippen LogP contribution < -0.4 is 0 Å². The highest BCUT2D eigenvalue weighted by molar-refractivity contribution is 7.42. The van der Waals surface area contributed by atoms with Crippen LogP contribution in [-0.4, -0.2) is 27.0 Å². The van der Waals surface area contributed by atoms with Gasteiger partial charge in [0.1, 0.15) is 0 Å². The van der Waals surface area contributed by atoms with Crippen molar-refractivity contribution in [2.24, 2.45) is 5.92 Å². The van der Waals surface area contributed by atoms with Gasteiger partial charge in [0.25, 0.3) is 8.53 Å². The van der Waals surface area contributed by atoms with Crippen LogP contribution >= 0.6 is 8.53 Å². The normalized spacial score (nSPS) is 27.3. The van der Waals surface area contributed by atoms with E-state index < -0.39 is 8.53 Å². The van der Waals surface area contributed by atoms with Crippen molar-refractivity contribution >= 4 is 8.53 Å². The molecule has 11 heavy (non-hydrogen) atoms. The van der Waals surface area contributed by atoms with Crippen LogP contribution in [0.15, 0.2) is 0 Å². The molecule has 0 aliphatic carbocycles. The minimum absolute atomic E-state index is 0.385. The molecule has 1 saturated heterocycles. The van der Waals surface area contributed by atoms with E-state index in [0.29, 0.717) is 12.0 Å². The second-order valence-corrected chi connectivity index (χ2v) is 4.44. The zero-order chi connectivity index (χ0) is 8.43. The maximum atomic E-state index is 9.02. The lowest BCUT2D eigenvalue weighted by molar-refractivity contribution is 0.277. The van der Waals surface area contributed by atoms with Crippen molar-refractivity contribution in [2.75, 3.05) is 6.54 Å². The summed E-state index contributed by atoms with van der Waals surface area (Å²) in [4.78, 5) is 18.0. The summed E-state index contributed by atoms with van der Waals surface area (Å²) >= 11 is 0. The molecule has 0 aromatic carbocycles. The lowest BCUT2D eigenvalue weighted by atomic mass is 10.0. The minimum Gasteiger partial charge on any atom is -0.338 e. The second kappa shape index (κ2) is 3.81. The topological polar surface area (TPSA) is 43.7 Å². The molecule has 1 rings (SSSR count). The van der Waals surface area contributed by atoms with Crippen LogP contribution in [0.1, 0.15) is 26.7 Å². The first kappa shape index (κ1) is 9.40. The maximum absolute atomic E-state index is 9.02. The third-order valence-corrected chi connectivity index (χ3v) is 3.23. The van der Waals surface area contributed by atoms with Crippen molar-refractivity contribution in [3.05, 3.63) is 0 Å². The monoisotopic (exact) mass is 177 g/mol. The molecule has 2 N–H and O–H groups in total. The molecule has 4 heteroatoms. The largest absolute Gasteiger partial charge is 0.338 e. The van der Waals surface area contributed by atoms with Crippen LogP contribution in [-0.2, 0) is 0 Å². The van der Waals surface area contributed by atoms with Gasteiger partial charge in [-0.25, -0.2) is 4.67 Å². The molecule has 0 spiro atoms. The summed E-state index contributed by atoms with van der Waals surface area (Å²) in [5, 5.41) is 0. The summed E-state index contributed by atoms with van der Waals surface area (Å²) < 4.78 is 1.82. The average molecular weight is 177 g/mol. The van der Waals surface area contributed by atoms with Gasteiger partial charge < -0.3 is 9.79 Å². The van der Waals surface area contributed by atoms with Crippen LogP contribution in [0.5, 0.6) is 0 Å². The Morgan fingerprint density at radius 1 is 1.45 bits per heavy atom. The van der Waals surface area contributed by atoms with Crippen molar-refractivity contribution in [2.45, 2.75) is 32.7 Å². The zero-order valence-corrected chi connectivity index (χ0v) is 7.96. The molecule has 0 aromatic heterocycles. The number of hydrogen-bond acceptors (Lipinski definition) is 3. The number of hydrogen-bond donors (Lipinski definition) is 2. The fraction of sp³-hybridized carbons (Fsp3) is 1.00. The Bertz CT molecular complexity index is 116. The van der Waals surface area contributed by atoms with Gasteiger partial charge in [-0.2, -0.15) is 0 Å². The van der Waals surface area contributed by atoms with E-state index in [9.17, 15) is 0 Å². The SMILES string of the molecule is CC(C)C1CCCN1P(O)O. The van der Waals surface area contributed by atoms with E-state index >= 15 is 0 Å². The molecule has 0 saturated carbocycles. The predicted molar refractivity (Wildman–Crippen MR) is 45.9 cm³/mol. The molecule has 66 valence electrons. The summed E-state index contributed by atoms with van der Waals surface area (Å²) in [6.45, 7) is 5.10. The van der Waals surface area contributed by atoms with Gasteiger partial charge in [0.05, 0.1) is 0 Å². The standard InChI is InChI=1S/C7H16NO2P/c1-6(2)7-4-3-5-8(7)11(9)10/h6-7,9-10H,3-5H2,1-2H3. The third kappa shape index (κ3) is 2.12. The van der Waals surface area contributed by atoms with E-state index in [1.807, 2.05) is 4.67 Å². The first-order valence-corrected chi connectivity index (χ1v) is 5.27. The van der Waals surface area contributed by atoms with Crippen molar-refractivity contribution in [1.82, 2.24) is 4.67 Å². The summed E-state index contributed by atoms with van der Waals surface area (Å²) in [5.41, 5.74) is 0. The second-order valence-electron chi connectivity index (χ2n) is 3.38. The van der Waals surface area contributed by atoms with Crippen molar-refractivity contribution in [1.29, 1.82) is 0 Å². The molecular weight excluding hydrogens is 161 g/mol. The van der Waals surface area contributed by atoms with Crippen LogP contribution in [0.25, 0.3) is 0 Å². The number of rotatable bonds is 2. The fourth-order valence-corrected chi connectivity index (χ4v) is 2.64. The van der Waals surface area contributed by atoms with Crippen molar-refractivity contribution in [3.63, 3.8) is 0 Å². The van der Waals surface area contributed by atoms with Crippen LogP contribution in [0.3, 0.4) is 0 Å².